The average molecular weight is 155 g/mol. The molecule has 1 rings (SSSR count). The molecule has 0 atom stereocenters. The van der Waals surface area contributed by atoms with Crippen molar-refractivity contribution in [3.63, 3.8) is 0 Å². The van der Waals surface area contributed by atoms with Crippen LogP contribution in [0.15, 0.2) is 12.7 Å². The van der Waals surface area contributed by atoms with E-state index < -0.39 is 0 Å². The molecule has 2 nitrogen and oxygen atoms in total. The fraction of sp³-hybridized carbons (Fsp3) is 0.667. The predicted octanol–water partition coefficient (Wildman–Crippen LogP) is 1.87. The van der Waals surface area contributed by atoms with Crippen molar-refractivity contribution in [3.05, 3.63) is 12.7 Å². The summed E-state index contributed by atoms with van der Waals surface area (Å²) < 4.78 is 0. The van der Waals surface area contributed by atoms with Gasteiger partial charge in [-0.15, -0.1) is 6.58 Å². The van der Waals surface area contributed by atoms with Gasteiger partial charge in [0.25, 0.3) is 0 Å². The van der Waals surface area contributed by atoms with E-state index in [1.807, 2.05) is 6.92 Å². The SMILES string of the molecule is C=CC.O=C1CCCCCN1. The number of carbonyl (C=O) groups is 1. The van der Waals surface area contributed by atoms with Gasteiger partial charge in [-0.05, 0) is 19.8 Å². The Morgan fingerprint density at radius 1 is 1.45 bits per heavy atom. The molecule has 0 aromatic heterocycles. The first kappa shape index (κ1) is 10.2. The molecule has 11 heavy (non-hydrogen) atoms. The molecule has 0 spiro atoms. The monoisotopic (exact) mass is 155 g/mol. The third-order valence-corrected chi connectivity index (χ3v) is 1.40. The molecule has 1 N–H and O–H groups in total. The van der Waals surface area contributed by atoms with Crippen molar-refractivity contribution in [3.8, 4) is 0 Å². The Balaban J connectivity index is 0.000000292. The number of nitrogens with one attached hydrogen (secondary N) is 1. The summed E-state index contributed by atoms with van der Waals surface area (Å²) in [6.45, 7) is 6.14. The summed E-state index contributed by atoms with van der Waals surface area (Å²) in [4.78, 5) is 10.6. The minimum absolute atomic E-state index is 0.225. The third-order valence-electron chi connectivity index (χ3n) is 1.40. The summed E-state index contributed by atoms with van der Waals surface area (Å²) in [6, 6.07) is 0. The fourth-order valence-corrected chi connectivity index (χ4v) is 0.904. The normalized spacial score (nSPS) is 17.0. The first-order chi connectivity index (χ1) is 5.31. The maximum Gasteiger partial charge on any atom is 0.219 e. The molecule has 0 aromatic carbocycles. The van der Waals surface area contributed by atoms with Crippen LogP contribution in [-0.4, -0.2) is 12.5 Å². The van der Waals surface area contributed by atoms with Crippen LogP contribution in [0.3, 0.4) is 0 Å². The van der Waals surface area contributed by atoms with Gasteiger partial charge in [-0.1, -0.05) is 12.5 Å². The Labute approximate surface area is 68.7 Å². The number of hydrogen-bond acceptors (Lipinski definition) is 1. The predicted molar refractivity (Wildman–Crippen MR) is 47.3 cm³/mol. The first-order valence-corrected chi connectivity index (χ1v) is 4.15. The Hall–Kier alpha value is -0.790. The summed E-state index contributed by atoms with van der Waals surface area (Å²) in [5, 5.41) is 2.81. The third kappa shape index (κ3) is 7.10. The van der Waals surface area contributed by atoms with Crippen LogP contribution >= 0.6 is 0 Å². The van der Waals surface area contributed by atoms with Crippen molar-refractivity contribution in [2.24, 2.45) is 0 Å². The zero-order valence-electron chi connectivity index (χ0n) is 7.23. The van der Waals surface area contributed by atoms with E-state index in [9.17, 15) is 4.79 Å². The molecule has 1 fully saturated rings. The molecule has 1 aliphatic rings. The maximum absolute atomic E-state index is 10.6. The van der Waals surface area contributed by atoms with E-state index in [-0.39, 0.29) is 5.91 Å². The van der Waals surface area contributed by atoms with Crippen LogP contribution in [0.4, 0.5) is 0 Å². The van der Waals surface area contributed by atoms with Crippen molar-refractivity contribution >= 4 is 5.91 Å². The fourth-order valence-electron chi connectivity index (χ4n) is 0.904. The summed E-state index contributed by atoms with van der Waals surface area (Å²) in [7, 11) is 0. The van der Waals surface area contributed by atoms with E-state index in [0.717, 1.165) is 25.8 Å². The van der Waals surface area contributed by atoms with Gasteiger partial charge < -0.3 is 5.32 Å². The van der Waals surface area contributed by atoms with Crippen LogP contribution in [0.2, 0.25) is 0 Å². The largest absolute Gasteiger partial charge is 0.356 e. The lowest BCUT2D eigenvalue weighted by atomic mass is 10.2. The molecule has 0 bridgehead atoms. The highest BCUT2D eigenvalue weighted by molar-refractivity contribution is 5.75. The molecule has 64 valence electrons. The van der Waals surface area contributed by atoms with Gasteiger partial charge >= 0.3 is 0 Å². The van der Waals surface area contributed by atoms with Crippen molar-refractivity contribution < 1.29 is 4.79 Å². The number of carbonyl (C=O) groups excluding carboxylic acids is 1. The van der Waals surface area contributed by atoms with Crippen LogP contribution in [-0.2, 0) is 4.79 Å². The summed E-state index contributed by atoms with van der Waals surface area (Å²) in [5.41, 5.74) is 0. The number of rotatable bonds is 0. The smallest absolute Gasteiger partial charge is 0.219 e. The van der Waals surface area contributed by atoms with Gasteiger partial charge in [-0.25, -0.2) is 0 Å². The first-order valence-electron chi connectivity index (χ1n) is 4.15. The van der Waals surface area contributed by atoms with Crippen molar-refractivity contribution in [1.82, 2.24) is 5.32 Å². The van der Waals surface area contributed by atoms with Gasteiger partial charge in [0.15, 0.2) is 0 Å². The number of hydrogen-bond donors (Lipinski definition) is 1. The zero-order valence-corrected chi connectivity index (χ0v) is 7.23. The van der Waals surface area contributed by atoms with E-state index in [1.54, 1.807) is 6.08 Å². The highest BCUT2D eigenvalue weighted by atomic mass is 16.1. The highest BCUT2D eigenvalue weighted by Gasteiger charge is 2.03. The second-order valence-corrected chi connectivity index (χ2v) is 2.57. The molecule has 1 heterocycles. The molecule has 0 aromatic rings. The van der Waals surface area contributed by atoms with Gasteiger partial charge in [-0.3, -0.25) is 4.79 Å². The molecule has 1 saturated heterocycles. The Bertz CT molecular complexity index is 111. The van der Waals surface area contributed by atoms with Gasteiger partial charge in [-0.2, -0.15) is 0 Å². The molecule has 1 amide bonds. The Morgan fingerprint density at radius 3 is 2.73 bits per heavy atom. The lowest BCUT2D eigenvalue weighted by Crippen LogP contribution is -2.21. The molecule has 0 aliphatic carbocycles. The van der Waals surface area contributed by atoms with Crippen molar-refractivity contribution in [1.29, 1.82) is 0 Å². The molecular weight excluding hydrogens is 138 g/mol. The van der Waals surface area contributed by atoms with Crippen LogP contribution in [0.1, 0.15) is 32.6 Å². The van der Waals surface area contributed by atoms with Crippen LogP contribution in [0.25, 0.3) is 0 Å². The Kier molecular flexibility index (Phi) is 6.79. The second-order valence-electron chi connectivity index (χ2n) is 2.57. The van der Waals surface area contributed by atoms with Crippen molar-refractivity contribution in [2.45, 2.75) is 32.6 Å². The maximum atomic E-state index is 10.6. The molecule has 0 saturated carbocycles. The molecular formula is C9H17NO. The standard InChI is InChI=1S/C6H11NO.C3H6/c8-6-4-2-1-3-5-7-6;1-3-2/h1-5H2,(H,7,8);3H,1H2,2H3. The summed E-state index contributed by atoms with van der Waals surface area (Å²) in [6.07, 6.45) is 5.93. The van der Waals surface area contributed by atoms with Crippen LogP contribution in [0, 0.1) is 0 Å². The lowest BCUT2D eigenvalue weighted by molar-refractivity contribution is -0.120. The van der Waals surface area contributed by atoms with Crippen LogP contribution in [0.5, 0.6) is 0 Å². The number of amides is 1. The minimum atomic E-state index is 0.225. The van der Waals surface area contributed by atoms with Gasteiger partial charge in [0, 0.05) is 13.0 Å². The zero-order chi connectivity index (χ0) is 8.53. The molecule has 1 aliphatic heterocycles. The van der Waals surface area contributed by atoms with E-state index in [0.29, 0.717) is 0 Å². The average Bonchev–Trinajstić information content (AvgIpc) is 2.18. The quantitative estimate of drug-likeness (QED) is 0.532. The van der Waals surface area contributed by atoms with Gasteiger partial charge in [0.1, 0.15) is 0 Å². The topological polar surface area (TPSA) is 29.1 Å². The number of allylic oxidation sites excluding steroid dienone is 1. The lowest BCUT2D eigenvalue weighted by Gasteiger charge is -1.93. The summed E-state index contributed by atoms with van der Waals surface area (Å²) in [5.74, 6) is 0.225. The minimum Gasteiger partial charge on any atom is -0.356 e. The van der Waals surface area contributed by atoms with Crippen molar-refractivity contribution in [2.75, 3.05) is 6.54 Å². The van der Waals surface area contributed by atoms with E-state index in [1.165, 1.54) is 6.42 Å². The van der Waals surface area contributed by atoms with E-state index in [4.69, 9.17) is 0 Å². The molecule has 0 unspecified atom stereocenters. The van der Waals surface area contributed by atoms with Gasteiger partial charge in [0.2, 0.25) is 5.91 Å². The Morgan fingerprint density at radius 2 is 2.09 bits per heavy atom. The second kappa shape index (κ2) is 7.32. The van der Waals surface area contributed by atoms with E-state index in [2.05, 4.69) is 11.9 Å². The molecule has 0 radical (unpaired) electrons. The van der Waals surface area contributed by atoms with E-state index >= 15 is 0 Å². The molecule has 2 heteroatoms. The van der Waals surface area contributed by atoms with Crippen LogP contribution < -0.4 is 5.32 Å². The van der Waals surface area contributed by atoms with Gasteiger partial charge in [0.05, 0.1) is 0 Å². The highest BCUT2D eigenvalue weighted by Crippen LogP contribution is 2.02. The summed E-state index contributed by atoms with van der Waals surface area (Å²) >= 11 is 0.